The van der Waals surface area contributed by atoms with Crippen LogP contribution in [-0.4, -0.2) is 43.2 Å². The number of carbonyl (C=O) groups excluding carboxylic acids is 1. The lowest BCUT2D eigenvalue weighted by Gasteiger charge is -2.36. The number of likely N-dealkylation sites (N-methyl/N-ethyl adjacent to an activating group) is 1. The minimum Gasteiger partial charge on any atom is -0.457 e. The third-order valence-electron chi connectivity index (χ3n) is 5.30. The molecule has 3 nitrogen and oxygen atoms in total. The Hall–Kier alpha value is -0.830. The maximum atomic E-state index is 11.2. The molecule has 0 unspecified atom stereocenters. The van der Waals surface area contributed by atoms with Crippen LogP contribution in [0.5, 0.6) is 0 Å². The first-order chi connectivity index (χ1) is 11.6. The molecule has 0 spiro atoms. The zero-order valence-electron chi connectivity index (χ0n) is 16.7. The predicted molar refractivity (Wildman–Crippen MR) is 104 cm³/mol. The Labute approximate surface area is 151 Å². The highest BCUT2D eigenvalue weighted by atomic mass is 16.5. The standard InChI is InChI=1S/C21H42NO2/c1-5-9-10-11-12-13-14-15-16-17-18-22(7-3,8-4)19-20-24-21(23)6-2/h6H,2,5,7-20H2,1,3-4H3/q+1. The van der Waals surface area contributed by atoms with Gasteiger partial charge in [-0.1, -0.05) is 64.9 Å². The van der Waals surface area contributed by atoms with Crippen molar-refractivity contribution in [1.29, 1.82) is 0 Å². The SMILES string of the molecule is C=CC(=O)OCC[N+](CC)(CC)CCCCCCCCCCCC. The van der Waals surface area contributed by atoms with Crippen LogP contribution in [0.25, 0.3) is 0 Å². The summed E-state index contributed by atoms with van der Waals surface area (Å²) in [6, 6.07) is 0. The average molecular weight is 341 g/mol. The number of carbonyl (C=O) groups is 1. The van der Waals surface area contributed by atoms with Crippen molar-refractivity contribution in [2.24, 2.45) is 0 Å². The van der Waals surface area contributed by atoms with Crippen molar-refractivity contribution >= 4 is 5.97 Å². The molecule has 142 valence electrons. The van der Waals surface area contributed by atoms with Crippen LogP contribution in [0.15, 0.2) is 12.7 Å². The molecule has 0 rings (SSSR count). The maximum absolute atomic E-state index is 11.2. The van der Waals surface area contributed by atoms with Gasteiger partial charge in [-0.05, 0) is 26.7 Å². The van der Waals surface area contributed by atoms with Crippen molar-refractivity contribution in [3.63, 3.8) is 0 Å². The molecule has 0 fully saturated rings. The van der Waals surface area contributed by atoms with Gasteiger partial charge in [0.1, 0.15) is 13.2 Å². The van der Waals surface area contributed by atoms with E-state index >= 15 is 0 Å². The van der Waals surface area contributed by atoms with Gasteiger partial charge in [-0.15, -0.1) is 0 Å². The topological polar surface area (TPSA) is 26.3 Å². The molecule has 0 N–H and O–H groups in total. The molecule has 0 aliphatic carbocycles. The molecule has 0 aliphatic rings. The fourth-order valence-electron chi connectivity index (χ4n) is 3.30. The molecule has 0 radical (unpaired) electrons. The van der Waals surface area contributed by atoms with Gasteiger partial charge in [0.05, 0.1) is 19.6 Å². The van der Waals surface area contributed by atoms with Gasteiger partial charge >= 0.3 is 5.97 Å². The molecule has 0 saturated carbocycles. The summed E-state index contributed by atoms with van der Waals surface area (Å²) in [5.41, 5.74) is 0. The lowest BCUT2D eigenvalue weighted by atomic mass is 10.1. The Morgan fingerprint density at radius 3 is 1.79 bits per heavy atom. The van der Waals surface area contributed by atoms with E-state index in [2.05, 4.69) is 27.4 Å². The Bertz CT molecular complexity index is 311. The number of hydrogen-bond acceptors (Lipinski definition) is 2. The van der Waals surface area contributed by atoms with Crippen molar-refractivity contribution in [1.82, 2.24) is 0 Å². The Morgan fingerprint density at radius 2 is 1.33 bits per heavy atom. The van der Waals surface area contributed by atoms with Crippen LogP contribution in [0.2, 0.25) is 0 Å². The number of ether oxygens (including phenoxy) is 1. The molecule has 0 heterocycles. The zero-order valence-corrected chi connectivity index (χ0v) is 16.7. The third kappa shape index (κ3) is 11.7. The van der Waals surface area contributed by atoms with E-state index in [-0.39, 0.29) is 5.97 Å². The van der Waals surface area contributed by atoms with Crippen LogP contribution in [-0.2, 0) is 9.53 Å². The van der Waals surface area contributed by atoms with Crippen LogP contribution < -0.4 is 0 Å². The fourth-order valence-corrected chi connectivity index (χ4v) is 3.30. The number of hydrogen-bond donors (Lipinski definition) is 0. The van der Waals surface area contributed by atoms with Crippen LogP contribution >= 0.6 is 0 Å². The van der Waals surface area contributed by atoms with Gasteiger partial charge in [0, 0.05) is 6.08 Å². The van der Waals surface area contributed by atoms with Gasteiger partial charge in [-0.2, -0.15) is 0 Å². The molecule has 0 saturated heterocycles. The fraction of sp³-hybridized carbons (Fsp3) is 0.857. The number of nitrogens with zero attached hydrogens (tertiary/aromatic N) is 1. The quantitative estimate of drug-likeness (QED) is 0.151. The van der Waals surface area contributed by atoms with Gasteiger partial charge in [0.25, 0.3) is 0 Å². The van der Waals surface area contributed by atoms with E-state index < -0.39 is 0 Å². The van der Waals surface area contributed by atoms with Crippen LogP contribution in [0.1, 0.15) is 85.0 Å². The molecule has 0 bridgehead atoms. The van der Waals surface area contributed by atoms with E-state index in [4.69, 9.17) is 4.74 Å². The molecular formula is C21H42NO2+. The molecule has 0 aliphatic heterocycles. The second kappa shape index (κ2) is 15.7. The van der Waals surface area contributed by atoms with Crippen LogP contribution in [0.4, 0.5) is 0 Å². The molecule has 0 aromatic rings. The van der Waals surface area contributed by atoms with E-state index in [0.717, 1.165) is 24.1 Å². The number of quaternary nitrogens is 1. The lowest BCUT2D eigenvalue weighted by Crippen LogP contribution is -2.50. The highest BCUT2D eigenvalue weighted by Crippen LogP contribution is 2.13. The highest BCUT2D eigenvalue weighted by molar-refractivity contribution is 5.81. The van der Waals surface area contributed by atoms with Crippen molar-refractivity contribution in [2.45, 2.75) is 85.0 Å². The first-order valence-corrected chi connectivity index (χ1v) is 10.3. The monoisotopic (exact) mass is 340 g/mol. The summed E-state index contributed by atoms with van der Waals surface area (Å²) in [5.74, 6) is -0.306. The lowest BCUT2D eigenvalue weighted by molar-refractivity contribution is -0.925. The Morgan fingerprint density at radius 1 is 0.833 bits per heavy atom. The molecule has 0 aromatic heterocycles. The molecule has 0 atom stereocenters. The van der Waals surface area contributed by atoms with Crippen LogP contribution in [0.3, 0.4) is 0 Å². The summed E-state index contributed by atoms with van der Waals surface area (Å²) in [5, 5.41) is 0. The minimum absolute atomic E-state index is 0.306. The smallest absolute Gasteiger partial charge is 0.330 e. The zero-order chi connectivity index (χ0) is 18.1. The van der Waals surface area contributed by atoms with Crippen molar-refractivity contribution in [3.8, 4) is 0 Å². The summed E-state index contributed by atoms with van der Waals surface area (Å²) in [6.07, 6.45) is 15.0. The van der Waals surface area contributed by atoms with Crippen LogP contribution in [0, 0.1) is 0 Å². The number of rotatable bonds is 17. The van der Waals surface area contributed by atoms with Gasteiger partial charge < -0.3 is 9.22 Å². The molecule has 0 aromatic carbocycles. The van der Waals surface area contributed by atoms with Crippen molar-refractivity contribution in [3.05, 3.63) is 12.7 Å². The van der Waals surface area contributed by atoms with Crippen molar-refractivity contribution < 1.29 is 14.0 Å². The van der Waals surface area contributed by atoms with E-state index in [1.807, 2.05) is 0 Å². The summed E-state index contributed by atoms with van der Waals surface area (Å²) in [7, 11) is 0. The van der Waals surface area contributed by atoms with Gasteiger partial charge in [-0.3, -0.25) is 0 Å². The molecule has 3 heteroatoms. The molecular weight excluding hydrogens is 298 g/mol. The number of esters is 1. The Kier molecular flexibility index (Phi) is 15.1. The summed E-state index contributed by atoms with van der Waals surface area (Å²) < 4.78 is 6.23. The Balaban J connectivity index is 3.76. The molecule has 24 heavy (non-hydrogen) atoms. The van der Waals surface area contributed by atoms with Gasteiger partial charge in [0.2, 0.25) is 0 Å². The van der Waals surface area contributed by atoms with E-state index in [1.165, 1.54) is 76.8 Å². The second-order valence-electron chi connectivity index (χ2n) is 6.97. The summed E-state index contributed by atoms with van der Waals surface area (Å²) in [4.78, 5) is 11.2. The van der Waals surface area contributed by atoms with E-state index in [1.54, 1.807) is 0 Å². The highest BCUT2D eigenvalue weighted by Gasteiger charge is 2.22. The van der Waals surface area contributed by atoms with E-state index in [0.29, 0.717) is 6.61 Å². The first-order valence-electron chi connectivity index (χ1n) is 10.3. The third-order valence-corrected chi connectivity index (χ3v) is 5.30. The van der Waals surface area contributed by atoms with Gasteiger partial charge in [0.15, 0.2) is 0 Å². The van der Waals surface area contributed by atoms with Gasteiger partial charge in [-0.25, -0.2) is 4.79 Å². The van der Waals surface area contributed by atoms with Crippen molar-refractivity contribution in [2.75, 3.05) is 32.8 Å². The first kappa shape index (κ1) is 23.2. The number of unbranched alkanes of at least 4 members (excludes halogenated alkanes) is 9. The maximum Gasteiger partial charge on any atom is 0.330 e. The second-order valence-corrected chi connectivity index (χ2v) is 6.97. The summed E-state index contributed by atoms with van der Waals surface area (Å²) in [6.45, 7) is 15.1. The average Bonchev–Trinajstić information content (AvgIpc) is 2.61. The minimum atomic E-state index is -0.306. The normalized spacial score (nSPS) is 11.5. The van der Waals surface area contributed by atoms with E-state index in [9.17, 15) is 4.79 Å². The largest absolute Gasteiger partial charge is 0.457 e. The predicted octanol–water partition coefficient (Wildman–Crippen LogP) is 5.49. The molecule has 0 amide bonds. The summed E-state index contributed by atoms with van der Waals surface area (Å²) >= 11 is 0.